The van der Waals surface area contributed by atoms with Crippen molar-refractivity contribution in [2.45, 2.75) is 38.0 Å². The molecule has 2 aromatic heterocycles. The van der Waals surface area contributed by atoms with Crippen molar-refractivity contribution in [3.05, 3.63) is 51.9 Å². The number of nitrogens with one attached hydrogen (secondary N) is 2. The zero-order chi connectivity index (χ0) is 19.7. The van der Waals surface area contributed by atoms with Crippen LogP contribution in [-0.2, 0) is 13.5 Å². The zero-order valence-electron chi connectivity index (χ0n) is 16.3. The van der Waals surface area contributed by atoms with Gasteiger partial charge in [-0.2, -0.15) is 5.10 Å². The lowest BCUT2D eigenvalue weighted by Crippen LogP contribution is -2.25. The highest BCUT2D eigenvalue weighted by Gasteiger charge is 2.27. The maximum Gasteiger partial charge on any atom is 0.278 e. The first-order valence-electron chi connectivity index (χ1n) is 9.56. The summed E-state index contributed by atoms with van der Waals surface area (Å²) in [6.45, 7) is 4.88. The fraction of sp³-hybridized carbons (Fsp3) is 0.400. The van der Waals surface area contributed by atoms with Gasteiger partial charge in [0.2, 0.25) is 5.95 Å². The molecule has 2 N–H and O–H groups in total. The highest BCUT2D eigenvalue weighted by molar-refractivity contribution is 8.15. The molecule has 0 radical (unpaired) electrons. The van der Waals surface area contributed by atoms with Crippen LogP contribution in [0.4, 0.5) is 5.95 Å². The van der Waals surface area contributed by atoms with Gasteiger partial charge >= 0.3 is 0 Å². The maximum absolute atomic E-state index is 12.5. The second-order valence-corrected chi connectivity index (χ2v) is 8.24. The van der Waals surface area contributed by atoms with Crippen molar-refractivity contribution in [2.75, 3.05) is 11.9 Å². The molecule has 1 aliphatic heterocycles. The molecule has 0 spiro atoms. The van der Waals surface area contributed by atoms with E-state index in [4.69, 9.17) is 4.99 Å². The fourth-order valence-electron chi connectivity index (χ4n) is 3.41. The van der Waals surface area contributed by atoms with Crippen molar-refractivity contribution in [3.63, 3.8) is 0 Å². The number of rotatable bonds is 6. The normalized spacial score (nSPS) is 19.2. The third-order valence-corrected chi connectivity index (χ3v) is 6.29. The lowest BCUT2D eigenvalue weighted by atomic mass is 10.2. The van der Waals surface area contributed by atoms with E-state index in [2.05, 4.69) is 46.4 Å². The molecular formula is C20H24N6OS. The highest BCUT2D eigenvalue weighted by atomic mass is 32.2. The Morgan fingerprint density at radius 1 is 1.29 bits per heavy atom. The van der Waals surface area contributed by atoms with Gasteiger partial charge in [0.05, 0.1) is 22.0 Å². The lowest BCUT2D eigenvalue weighted by molar-refractivity contribution is 0.721. The number of hydrogen-bond acceptors (Lipinski definition) is 6. The Balaban J connectivity index is 1.50. The number of aromatic nitrogens is 4. The number of aromatic amines is 1. The quantitative estimate of drug-likeness (QED) is 0.669. The molecule has 3 heterocycles. The van der Waals surface area contributed by atoms with Gasteiger partial charge < -0.3 is 5.32 Å². The monoisotopic (exact) mass is 396 g/mol. The Bertz CT molecular complexity index is 1070. The molecule has 0 amide bonds. The smallest absolute Gasteiger partial charge is 0.278 e. The molecule has 2 unspecified atom stereocenters. The van der Waals surface area contributed by atoms with Crippen LogP contribution in [-0.4, -0.2) is 42.6 Å². The summed E-state index contributed by atoms with van der Waals surface area (Å²) in [7, 11) is 1.78. The van der Waals surface area contributed by atoms with Crippen LogP contribution in [0, 0.1) is 0 Å². The maximum atomic E-state index is 12.5. The van der Waals surface area contributed by atoms with Gasteiger partial charge in [0, 0.05) is 19.2 Å². The fourth-order valence-corrected chi connectivity index (χ4v) is 4.62. The van der Waals surface area contributed by atoms with E-state index < -0.39 is 0 Å². The summed E-state index contributed by atoms with van der Waals surface area (Å²) in [5.74, 6) is 0.490. The lowest BCUT2D eigenvalue weighted by Gasteiger charge is -2.14. The third-order valence-electron chi connectivity index (χ3n) is 4.86. The first-order chi connectivity index (χ1) is 13.6. The molecule has 4 rings (SSSR count). The molecule has 28 heavy (non-hydrogen) atoms. The molecule has 7 nitrogen and oxygen atoms in total. The minimum Gasteiger partial charge on any atom is -0.355 e. The summed E-state index contributed by atoms with van der Waals surface area (Å²) >= 11 is 1.77. The largest absolute Gasteiger partial charge is 0.355 e. The molecule has 0 fully saturated rings. The molecule has 0 aliphatic carbocycles. The molecule has 2 atom stereocenters. The van der Waals surface area contributed by atoms with E-state index in [9.17, 15) is 4.79 Å². The Morgan fingerprint density at radius 3 is 2.82 bits per heavy atom. The molecule has 1 aliphatic rings. The van der Waals surface area contributed by atoms with Gasteiger partial charge in [0.25, 0.3) is 5.56 Å². The van der Waals surface area contributed by atoms with Crippen molar-refractivity contribution in [3.8, 4) is 0 Å². The van der Waals surface area contributed by atoms with E-state index >= 15 is 0 Å². The summed E-state index contributed by atoms with van der Waals surface area (Å²) in [6, 6.07) is 10.4. The minimum absolute atomic E-state index is 0.168. The Morgan fingerprint density at radius 2 is 2.07 bits per heavy atom. The predicted octanol–water partition coefficient (Wildman–Crippen LogP) is 2.97. The van der Waals surface area contributed by atoms with E-state index in [-0.39, 0.29) is 16.9 Å². The first kappa shape index (κ1) is 18.7. The van der Waals surface area contributed by atoms with Crippen LogP contribution in [0.5, 0.6) is 0 Å². The van der Waals surface area contributed by atoms with Gasteiger partial charge in [0.15, 0.2) is 5.52 Å². The SMILES string of the molecule is CCCc1nn(C)c2c(=O)[nH]c(NCC3SC(c4ccccc4)=NC3C)nc12. The van der Waals surface area contributed by atoms with Crippen LogP contribution in [0.1, 0.15) is 31.5 Å². The number of aryl methyl sites for hydroxylation is 2. The number of aliphatic imine (C=N–C) groups is 1. The highest BCUT2D eigenvalue weighted by Crippen LogP contribution is 2.30. The molecule has 8 heteroatoms. The molecule has 1 aromatic carbocycles. The summed E-state index contributed by atoms with van der Waals surface area (Å²) in [5, 5.41) is 9.10. The molecule has 0 bridgehead atoms. The van der Waals surface area contributed by atoms with E-state index in [1.54, 1.807) is 23.5 Å². The van der Waals surface area contributed by atoms with E-state index in [1.165, 1.54) is 0 Å². The average Bonchev–Trinajstić information content (AvgIpc) is 3.21. The third kappa shape index (κ3) is 3.56. The number of thioether (sulfide) groups is 1. The summed E-state index contributed by atoms with van der Waals surface area (Å²) in [5.41, 5.74) is 3.05. The van der Waals surface area contributed by atoms with Crippen LogP contribution >= 0.6 is 11.8 Å². The van der Waals surface area contributed by atoms with Crippen LogP contribution < -0.4 is 10.9 Å². The Labute approximate surface area is 167 Å². The van der Waals surface area contributed by atoms with E-state index in [1.807, 2.05) is 18.2 Å². The van der Waals surface area contributed by atoms with Gasteiger partial charge in [-0.3, -0.25) is 19.5 Å². The number of benzene rings is 1. The van der Waals surface area contributed by atoms with Gasteiger partial charge in [-0.25, -0.2) is 4.98 Å². The van der Waals surface area contributed by atoms with Crippen LogP contribution in [0.2, 0.25) is 0 Å². The standard InChI is InChI=1S/C20H24N6OS/c1-4-8-14-16-17(26(3)25-14)18(27)24-20(23-16)21-11-15-12(2)22-19(28-15)13-9-6-5-7-10-13/h5-7,9-10,12,15H,4,8,11H2,1-3H3,(H2,21,23,24,27). The summed E-state index contributed by atoms with van der Waals surface area (Å²) in [4.78, 5) is 24.8. The van der Waals surface area contributed by atoms with Crippen LogP contribution in [0.15, 0.2) is 40.1 Å². The van der Waals surface area contributed by atoms with E-state index in [0.29, 0.717) is 23.5 Å². The molecule has 0 saturated heterocycles. The zero-order valence-corrected chi connectivity index (χ0v) is 17.1. The number of fused-ring (bicyclic) bond motifs is 1. The average molecular weight is 397 g/mol. The number of anilines is 1. The van der Waals surface area contributed by atoms with Crippen molar-refractivity contribution in [2.24, 2.45) is 12.0 Å². The Kier molecular flexibility index (Phi) is 5.21. The summed E-state index contributed by atoms with van der Waals surface area (Å²) in [6.07, 6.45) is 1.76. The molecule has 0 saturated carbocycles. The topological polar surface area (TPSA) is 88.0 Å². The second kappa shape index (κ2) is 7.79. The van der Waals surface area contributed by atoms with Crippen molar-refractivity contribution >= 4 is 33.8 Å². The van der Waals surface area contributed by atoms with Gasteiger partial charge in [-0.15, -0.1) is 0 Å². The van der Waals surface area contributed by atoms with Gasteiger partial charge in [-0.1, -0.05) is 55.4 Å². The van der Waals surface area contributed by atoms with Crippen molar-refractivity contribution in [1.29, 1.82) is 0 Å². The number of H-pyrrole nitrogens is 1. The van der Waals surface area contributed by atoms with Gasteiger partial charge in [0.1, 0.15) is 5.52 Å². The van der Waals surface area contributed by atoms with E-state index in [0.717, 1.165) is 29.1 Å². The summed E-state index contributed by atoms with van der Waals surface area (Å²) < 4.78 is 1.62. The van der Waals surface area contributed by atoms with Crippen molar-refractivity contribution in [1.82, 2.24) is 19.7 Å². The molecule has 3 aromatic rings. The minimum atomic E-state index is -0.168. The van der Waals surface area contributed by atoms with Gasteiger partial charge in [-0.05, 0) is 13.3 Å². The predicted molar refractivity (Wildman–Crippen MR) is 115 cm³/mol. The second-order valence-electron chi connectivity index (χ2n) is 7.01. The first-order valence-corrected chi connectivity index (χ1v) is 10.4. The van der Waals surface area contributed by atoms with Crippen molar-refractivity contribution < 1.29 is 0 Å². The molecule has 146 valence electrons. The number of hydrogen-bond donors (Lipinski definition) is 2. The van der Waals surface area contributed by atoms with Crippen LogP contribution in [0.25, 0.3) is 11.0 Å². The Hall–Kier alpha value is -2.61. The van der Waals surface area contributed by atoms with Crippen LogP contribution in [0.3, 0.4) is 0 Å². The number of nitrogens with zero attached hydrogens (tertiary/aromatic N) is 4. The molecular weight excluding hydrogens is 372 g/mol.